The Morgan fingerprint density at radius 3 is 2.68 bits per heavy atom. The van der Waals surface area contributed by atoms with Crippen LogP contribution in [0.5, 0.6) is 0 Å². The van der Waals surface area contributed by atoms with Gasteiger partial charge in [-0.05, 0) is 31.2 Å². The average molecular weight is 386 g/mol. The molecule has 1 aromatic carbocycles. The van der Waals surface area contributed by atoms with E-state index in [0.717, 1.165) is 11.3 Å². The van der Waals surface area contributed by atoms with E-state index < -0.39 is 11.4 Å². The lowest BCUT2D eigenvalue weighted by molar-refractivity contribution is -0.158. The van der Waals surface area contributed by atoms with Gasteiger partial charge in [-0.3, -0.25) is 9.59 Å². The van der Waals surface area contributed by atoms with E-state index in [2.05, 4.69) is 5.16 Å². The Kier molecular flexibility index (Phi) is 6.06. The minimum atomic E-state index is -0.964. The van der Waals surface area contributed by atoms with Crippen LogP contribution in [-0.4, -0.2) is 46.8 Å². The average Bonchev–Trinajstić information content (AvgIpc) is 3.10. The number of amides is 1. The van der Waals surface area contributed by atoms with Crippen molar-refractivity contribution in [3.05, 3.63) is 35.4 Å². The van der Waals surface area contributed by atoms with Crippen molar-refractivity contribution in [1.82, 2.24) is 4.90 Å². The number of oxime groups is 1. The molecule has 0 aromatic heterocycles. The normalized spacial score (nSPS) is 24.8. The van der Waals surface area contributed by atoms with Crippen molar-refractivity contribution in [1.29, 1.82) is 0 Å². The van der Waals surface area contributed by atoms with Gasteiger partial charge in [-0.1, -0.05) is 48.8 Å². The zero-order chi connectivity index (χ0) is 20.3. The van der Waals surface area contributed by atoms with Crippen LogP contribution in [0.1, 0.15) is 57.1 Å². The molecule has 2 aliphatic heterocycles. The first kappa shape index (κ1) is 20.4. The Labute approximate surface area is 166 Å². The van der Waals surface area contributed by atoms with Gasteiger partial charge in [-0.15, -0.1) is 0 Å². The second-order valence-electron chi connectivity index (χ2n) is 8.64. The molecule has 1 saturated heterocycles. The number of carboxylic acids is 1. The Bertz CT molecular complexity index is 756. The molecule has 0 aliphatic carbocycles. The molecule has 0 saturated carbocycles. The Balaban J connectivity index is 1.67. The van der Waals surface area contributed by atoms with Crippen LogP contribution in [-0.2, 0) is 14.4 Å². The number of hydrogen-bond acceptors (Lipinski definition) is 4. The zero-order valence-corrected chi connectivity index (χ0v) is 17.0. The summed E-state index contributed by atoms with van der Waals surface area (Å²) in [5.74, 6) is -0.538. The van der Waals surface area contributed by atoms with Gasteiger partial charge in [-0.2, -0.15) is 0 Å². The lowest BCUT2D eigenvalue weighted by Crippen LogP contribution is -2.51. The van der Waals surface area contributed by atoms with Crippen molar-refractivity contribution in [3.8, 4) is 0 Å². The van der Waals surface area contributed by atoms with Crippen molar-refractivity contribution >= 4 is 17.6 Å². The smallest absolute Gasteiger partial charge is 0.311 e. The minimum Gasteiger partial charge on any atom is -0.481 e. The van der Waals surface area contributed by atoms with Crippen molar-refractivity contribution < 1.29 is 19.5 Å². The molecule has 1 fully saturated rings. The SMILES string of the molecule is Cc1ccc(C2=NOC(CC3(C(=O)O)CCCN(C(=O)CC(C)C)C3)C2)cc1. The minimum absolute atomic E-state index is 0.0456. The summed E-state index contributed by atoms with van der Waals surface area (Å²) in [6.45, 7) is 6.93. The van der Waals surface area contributed by atoms with Crippen LogP contribution in [0, 0.1) is 18.3 Å². The fraction of sp³-hybridized carbons (Fsp3) is 0.591. The van der Waals surface area contributed by atoms with Crippen LogP contribution in [0.2, 0.25) is 0 Å². The van der Waals surface area contributed by atoms with Crippen LogP contribution in [0.4, 0.5) is 0 Å². The van der Waals surface area contributed by atoms with Crippen LogP contribution < -0.4 is 0 Å². The summed E-state index contributed by atoms with van der Waals surface area (Å²) in [5, 5.41) is 14.2. The summed E-state index contributed by atoms with van der Waals surface area (Å²) >= 11 is 0. The van der Waals surface area contributed by atoms with E-state index in [4.69, 9.17) is 4.84 Å². The number of aliphatic carboxylic acids is 1. The summed E-state index contributed by atoms with van der Waals surface area (Å²) in [6.07, 6.45) is 2.41. The summed E-state index contributed by atoms with van der Waals surface area (Å²) in [7, 11) is 0. The van der Waals surface area contributed by atoms with Crippen molar-refractivity contribution in [2.75, 3.05) is 13.1 Å². The number of piperidine rings is 1. The number of carbonyl (C=O) groups excluding carboxylic acids is 1. The topological polar surface area (TPSA) is 79.2 Å². The van der Waals surface area contributed by atoms with Gasteiger partial charge in [-0.25, -0.2) is 0 Å². The number of carboxylic acid groups (broad SMARTS) is 1. The predicted molar refractivity (Wildman–Crippen MR) is 107 cm³/mol. The summed E-state index contributed by atoms with van der Waals surface area (Å²) < 4.78 is 0. The first-order valence-corrected chi connectivity index (χ1v) is 10.1. The third-order valence-electron chi connectivity index (χ3n) is 5.70. The van der Waals surface area contributed by atoms with Gasteiger partial charge in [0.25, 0.3) is 0 Å². The van der Waals surface area contributed by atoms with Gasteiger partial charge >= 0.3 is 5.97 Å². The number of aryl methyl sites for hydroxylation is 1. The molecular formula is C22H30N2O4. The molecule has 0 radical (unpaired) electrons. The Morgan fingerprint density at radius 1 is 1.32 bits per heavy atom. The predicted octanol–water partition coefficient (Wildman–Crippen LogP) is 3.62. The van der Waals surface area contributed by atoms with E-state index in [1.807, 2.05) is 45.0 Å². The second kappa shape index (κ2) is 8.33. The van der Waals surface area contributed by atoms with Gasteiger partial charge in [0.2, 0.25) is 5.91 Å². The van der Waals surface area contributed by atoms with E-state index >= 15 is 0 Å². The molecule has 152 valence electrons. The quantitative estimate of drug-likeness (QED) is 0.810. The highest BCUT2D eigenvalue weighted by molar-refractivity contribution is 6.01. The Morgan fingerprint density at radius 2 is 2.04 bits per heavy atom. The lowest BCUT2D eigenvalue weighted by Gasteiger charge is -2.41. The van der Waals surface area contributed by atoms with Gasteiger partial charge in [0.15, 0.2) is 0 Å². The van der Waals surface area contributed by atoms with Gasteiger partial charge in [0.05, 0.1) is 11.1 Å². The van der Waals surface area contributed by atoms with Gasteiger partial charge < -0.3 is 14.8 Å². The van der Waals surface area contributed by atoms with Gasteiger partial charge in [0, 0.05) is 32.4 Å². The summed E-state index contributed by atoms with van der Waals surface area (Å²) in [6, 6.07) is 8.09. The molecule has 1 amide bonds. The molecule has 28 heavy (non-hydrogen) atoms. The zero-order valence-electron chi connectivity index (χ0n) is 17.0. The molecule has 3 rings (SSSR count). The summed E-state index contributed by atoms with van der Waals surface area (Å²) in [5.41, 5.74) is 2.08. The van der Waals surface area contributed by atoms with Crippen LogP contribution in [0.15, 0.2) is 29.4 Å². The maximum absolute atomic E-state index is 12.5. The molecule has 6 heteroatoms. The first-order valence-electron chi connectivity index (χ1n) is 10.1. The van der Waals surface area contributed by atoms with E-state index in [1.165, 1.54) is 5.56 Å². The number of hydrogen-bond donors (Lipinski definition) is 1. The van der Waals surface area contributed by atoms with E-state index in [1.54, 1.807) is 4.90 Å². The molecular weight excluding hydrogens is 356 g/mol. The highest BCUT2D eigenvalue weighted by Crippen LogP contribution is 2.38. The van der Waals surface area contributed by atoms with E-state index in [9.17, 15) is 14.7 Å². The highest BCUT2D eigenvalue weighted by Gasteiger charge is 2.46. The monoisotopic (exact) mass is 386 g/mol. The molecule has 1 aromatic rings. The third-order valence-corrected chi connectivity index (χ3v) is 5.70. The number of likely N-dealkylation sites (tertiary alicyclic amines) is 1. The molecule has 0 spiro atoms. The standard InChI is InChI=1S/C22H30N2O4/c1-15(2)11-20(25)24-10-4-9-22(14-24,21(26)27)13-18-12-19(23-28-18)17-7-5-16(3)6-8-17/h5-8,15,18H,4,9-14H2,1-3H3,(H,26,27). The molecule has 2 aliphatic rings. The number of rotatable bonds is 6. The molecule has 0 bridgehead atoms. The third kappa shape index (κ3) is 4.54. The molecule has 1 N–H and O–H groups in total. The maximum Gasteiger partial charge on any atom is 0.311 e. The molecule has 2 unspecified atom stereocenters. The van der Waals surface area contributed by atoms with Crippen molar-refractivity contribution in [2.24, 2.45) is 16.5 Å². The maximum atomic E-state index is 12.5. The Hall–Kier alpha value is -2.37. The highest BCUT2D eigenvalue weighted by atomic mass is 16.6. The van der Waals surface area contributed by atoms with Crippen LogP contribution >= 0.6 is 0 Å². The number of carbonyl (C=O) groups is 2. The largest absolute Gasteiger partial charge is 0.481 e. The fourth-order valence-electron chi connectivity index (χ4n) is 4.14. The van der Waals surface area contributed by atoms with E-state index in [0.29, 0.717) is 38.6 Å². The number of nitrogens with zero attached hydrogens (tertiary/aromatic N) is 2. The van der Waals surface area contributed by atoms with Crippen molar-refractivity contribution in [3.63, 3.8) is 0 Å². The molecule has 2 atom stereocenters. The van der Waals surface area contributed by atoms with E-state index in [-0.39, 0.29) is 24.5 Å². The number of benzene rings is 1. The van der Waals surface area contributed by atoms with Gasteiger partial charge in [0.1, 0.15) is 6.10 Å². The first-order chi connectivity index (χ1) is 13.3. The van der Waals surface area contributed by atoms with Crippen molar-refractivity contribution in [2.45, 2.75) is 59.0 Å². The van der Waals surface area contributed by atoms with Crippen LogP contribution in [0.3, 0.4) is 0 Å². The second-order valence-corrected chi connectivity index (χ2v) is 8.64. The summed E-state index contributed by atoms with van der Waals surface area (Å²) in [4.78, 5) is 32.1. The fourth-order valence-corrected chi connectivity index (χ4v) is 4.14. The molecule has 6 nitrogen and oxygen atoms in total. The molecule has 2 heterocycles. The lowest BCUT2D eigenvalue weighted by atomic mass is 9.74. The van der Waals surface area contributed by atoms with Crippen LogP contribution in [0.25, 0.3) is 0 Å².